The Morgan fingerprint density at radius 2 is 1.86 bits per heavy atom. The number of aliphatic carboxylic acids is 1. The summed E-state index contributed by atoms with van der Waals surface area (Å²) < 4.78 is 0. The SMILES string of the molecule is CC1CCCCC1NC(=O)NC(CC(=O)O)CC(C)(C)C. The largest absolute Gasteiger partial charge is 0.481 e. The van der Waals surface area contributed by atoms with Gasteiger partial charge in [0, 0.05) is 12.1 Å². The molecule has 1 rings (SSSR count). The lowest BCUT2D eigenvalue weighted by Crippen LogP contribution is -2.50. The van der Waals surface area contributed by atoms with Crippen molar-refractivity contribution >= 4 is 12.0 Å². The van der Waals surface area contributed by atoms with Crippen molar-refractivity contribution in [1.29, 1.82) is 0 Å². The van der Waals surface area contributed by atoms with Gasteiger partial charge in [-0.1, -0.05) is 40.5 Å². The normalized spacial score (nSPS) is 24.2. The Balaban J connectivity index is 2.52. The number of carbonyl (C=O) groups is 2. The van der Waals surface area contributed by atoms with Crippen molar-refractivity contribution in [2.24, 2.45) is 11.3 Å². The third-order valence-electron chi connectivity index (χ3n) is 4.04. The Bertz CT molecular complexity index is 363. The minimum absolute atomic E-state index is 0.0223. The maximum Gasteiger partial charge on any atom is 0.315 e. The molecule has 1 saturated carbocycles. The number of carboxylic acid groups (broad SMARTS) is 1. The van der Waals surface area contributed by atoms with Crippen LogP contribution in [-0.2, 0) is 4.79 Å². The van der Waals surface area contributed by atoms with E-state index in [1.807, 2.05) is 20.8 Å². The van der Waals surface area contributed by atoms with E-state index in [0.717, 1.165) is 19.3 Å². The molecule has 1 aliphatic rings. The molecular weight excluding hydrogens is 268 g/mol. The molecule has 0 heterocycles. The van der Waals surface area contributed by atoms with Gasteiger partial charge in [-0.05, 0) is 30.6 Å². The highest BCUT2D eigenvalue weighted by Gasteiger charge is 2.26. The van der Waals surface area contributed by atoms with E-state index in [9.17, 15) is 9.59 Å². The molecule has 0 aromatic rings. The van der Waals surface area contributed by atoms with Gasteiger partial charge in [0.2, 0.25) is 0 Å². The zero-order chi connectivity index (χ0) is 16.0. The summed E-state index contributed by atoms with van der Waals surface area (Å²) >= 11 is 0. The van der Waals surface area contributed by atoms with Crippen LogP contribution >= 0.6 is 0 Å². The van der Waals surface area contributed by atoms with E-state index in [-0.39, 0.29) is 30.0 Å². The average Bonchev–Trinajstić information content (AvgIpc) is 2.28. The van der Waals surface area contributed by atoms with Crippen LogP contribution in [0.15, 0.2) is 0 Å². The van der Waals surface area contributed by atoms with E-state index in [2.05, 4.69) is 17.6 Å². The summed E-state index contributed by atoms with van der Waals surface area (Å²) in [5, 5.41) is 14.8. The number of urea groups is 1. The van der Waals surface area contributed by atoms with Gasteiger partial charge in [-0.15, -0.1) is 0 Å². The Morgan fingerprint density at radius 1 is 1.24 bits per heavy atom. The van der Waals surface area contributed by atoms with Gasteiger partial charge in [0.1, 0.15) is 0 Å². The van der Waals surface area contributed by atoms with Crippen LogP contribution in [0.3, 0.4) is 0 Å². The summed E-state index contributed by atoms with van der Waals surface area (Å²) in [6.07, 6.45) is 5.14. The number of hydrogen-bond acceptors (Lipinski definition) is 2. The second-order valence-corrected chi connectivity index (χ2v) is 7.55. The van der Waals surface area contributed by atoms with Crippen molar-refractivity contribution < 1.29 is 14.7 Å². The predicted octanol–water partition coefficient (Wildman–Crippen LogP) is 3.14. The third kappa shape index (κ3) is 7.34. The van der Waals surface area contributed by atoms with Gasteiger partial charge in [0.05, 0.1) is 6.42 Å². The predicted molar refractivity (Wildman–Crippen MR) is 83.2 cm³/mol. The number of nitrogens with one attached hydrogen (secondary N) is 2. The topological polar surface area (TPSA) is 78.4 Å². The molecule has 0 aromatic carbocycles. The van der Waals surface area contributed by atoms with Gasteiger partial charge >= 0.3 is 12.0 Å². The lowest BCUT2D eigenvalue weighted by Gasteiger charge is -2.31. The first-order chi connectivity index (χ1) is 9.67. The molecule has 3 N–H and O–H groups in total. The first-order valence-corrected chi connectivity index (χ1v) is 7.96. The fourth-order valence-corrected chi connectivity index (χ4v) is 3.05. The van der Waals surface area contributed by atoms with E-state index in [4.69, 9.17) is 5.11 Å². The van der Waals surface area contributed by atoms with E-state index in [0.29, 0.717) is 12.3 Å². The number of rotatable bonds is 5. The zero-order valence-electron chi connectivity index (χ0n) is 13.7. The zero-order valence-corrected chi connectivity index (χ0v) is 13.7. The van der Waals surface area contributed by atoms with Crippen molar-refractivity contribution in [3.63, 3.8) is 0 Å². The van der Waals surface area contributed by atoms with Crippen molar-refractivity contribution in [1.82, 2.24) is 10.6 Å². The van der Waals surface area contributed by atoms with E-state index in [1.54, 1.807) is 0 Å². The van der Waals surface area contributed by atoms with Crippen LogP contribution in [0.4, 0.5) is 4.79 Å². The number of carbonyl (C=O) groups excluding carboxylic acids is 1. The molecule has 5 heteroatoms. The highest BCUT2D eigenvalue weighted by molar-refractivity contribution is 5.76. The van der Waals surface area contributed by atoms with E-state index >= 15 is 0 Å². The second kappa shape index (κ2) is 7.66. The monoisotopic (exact) mass is 298 g/mol. The number of hydrogen-bond donors (Lipinski definition) is 3. The second-order valence-electron chi connectivity index (χ2n) is 7.55. The van der Waals surface area contributed by atoms with Crippen LogP contribution < -0.4 is 10.6 Å². The summed E-state index contributed by atoms with van der Waals surface area (Å²) in [7, 11) is 0. The van der Waals surface area contributed by atoms with Crippen LogP contribution in [0.25, 0.3) is 0 Å². The number of carboxylic acids is 1. The highest BCUT2D eigenvalue weighted by atomic mass is 16.4. The summed E-state index contributed by atoms with van der Waals surface area (Å²) in [4.78, 5) is 23.1. The molecule has 0 bridgehead atoms. The molecule has 0 radical (unpaired) electrons. The quantitative estimate of drug-likeness (QED) is 0.729. The van der Waals surface area contributed by atoms with Crippen LogP contribution in [0.5, 0.6) is 0 Å². The molecule has 5 nitrogen and oxygen atoms in total. The van der Waals surface area contributed by atoms with Crippen molar-refractivity contribution in [3.05, 3.63) is 0 Å². The van der Waals surface area contributed by atoms with Gasteiger partial charge in [0.25, 0.3) is 0 Å². The van der Waals surface area contributed by atoms with Crippen LogP contribution in [-0.4, -0.2) is 29.2 Å². The maximum absolute atomic E-state index is 12.1. The van der Waals surface area contributed by atoms with Crippen LogP contribution in [0.2, 0.25) is 0 Å². The molecule has 21 heavy (non-hydrogen) atoms. The molecular formula is C16H30N2O3. The Kier molecular flexibility index (Phi) is 6.49. The first-order valence-electron chi connectivity index (χ1n) is 7.96. The minimum atomic E-state index is -0.879. The lowest BCUT2D eigenvalue weighted by atomic mass is 9.86. The van der Waals surface area contributed by atoms with E-state index < -0.39 is 5.97 Å². The van der Waals surface area contributed by atoms with Crippen molar-refractivity contribution in [3.8, 4) is 0 Å². The van der Waals surface area contributed by atoms with E-state index in [1.165, 1.54) is 6.42 Å². The average molecular weight is 298 g/mol. The minimum Gasteiger partial charge on any atom is -0.481 e. The molecule has 0 aromatic heterocycles. The van der Waals surface area contributed by atoms with Gasteiger partial charge in [-0.2, -0.15) is 0 Å². The van der Waals surface area contributed by atoms with Crippen molar-refractivity contribution in [2.45, 2.75) is 78.3 Å². The van der Waals surface area contributed by atoms with Crippen molar-refractivity contribution in [2.75, 3.05) is 0 Å². The Morgan fingerprint density at radius 3 is 2.38 bits per heavy atom. The summed E-state index contributed by atoms with van der Waals surface area (Å²) in [5.74, 6) is -0.388. The molecule has 0 spiro atoms. The fraction of sp³-hybridized carbons (Fsp3) is 0.875. The Labute approximate surface area is 127 Å². The molecule has 1 fully saturated rings. The standard InChI is InChI=1S/C16H30N2O3/c1-11-7-5-6-8-13(11)18-15(21)17-12(9-14(19)20)10-16(2,3)4/h11-13H,5-10H2,1-4H3,(H,19,20)(H2,17,18,21). The maximum atomic E-state index is 12.1. The van der Waals surface area contributed by atoms with Crippen LogP contribution in [0.1, 0.15) is 66.2 Å². The van der Waals surface area contributed by atoms with Crippen LogP contribution in [0, 0.1) is 11.3 Å². The molecule has 122 valence electrons. The highest BCUT2D eigenvalue weighted by Crippen LogP contribution is 2.24. The fourth-order valence-electron chi connectivity index (χ4n) is 3.05. The Hall–Kier alpha value is -1.26. The van der Waals surface area contributed by atoms with Gasteiger partial charge in [-0.25, -0.2) is 4.79 Å². The number of amides is 2. The molecule has 2 amide bonds. The van der Waals surface area contributed by atoms with Gasteiger partial charge in [0.15, 0.2) is 0 Å². The summed E-state index contributed by atoms with van der Waals surface area (Å²) in [6.45, 7) is 8.30. The lowest BCUT2D eigenvalue weighted by molar-refractivity contribution is -0.137. The molecule has 1 aliphatic carbocycles. The molecule has 3 atom stereocenters. The van der Waals surface area contributed by atoms with Gasteiger partial charge in [-0.3, -0.25) is 4.79 Å². The molecule has 3 unspecified atom stereocenters. The third-order valence-corrected chi connectivity index (χ3v) is 4.04. The first kappa shape index (κ1) is 17.8. The molecule has 0 saturated heterocycles. The summed E-state index contributed by atoms with van der Waals surface area (Å²) in [6, 6.07) is -0.357. The molecule has 0 aliphatic heterocycles. The van der Waals surface area contributed by atoms with Gasteiger partial charge < -0.3 is 15.7 Å². The summed E-state index contributed by atoms with van der Waals surface area (Å²) in [5.41, 5.74) is -0.0223. The smallest absolute Gasteiger partial charge is 0.315 e.